The van der Waals surface area contributed by atoms with Crippen molar-refractivity contribution in [2.24, 2.45) is 0 Å². The van der Waals surface area contributed by atoms with E-state index < -0.39 is 0 Å². The summed E-state index contributed by atoms with van der Waals surface area (Å²) in [5, 5.41) is 8.83. The minimum atomic E-state index is 0.318. The summed E-state index contributed by atoms with van der Waals surface area (Å²) in [6.45, 7) is 2.47. The molecule has 0 aromatic heterocycles. The molecule has 0 saturated heterocycles. The quantitative estimate of drug-likeness (QED) is 0.712. The lowest BCUT2D eigenvalue weighted by molar-refractivity contribution is 0.249. The minimum absolute atomic E-state index is 0.318. The smallest absolute Gasteiger partial charge is 0.0431 e. The van der Waals surface area contributed by atoms with Gasteiger partial charge in [-0.3, -0.25) is 4.90 Å². The summed E-state index contributed by atoms with van der Waals surface area (Å²) in [5.41, 5.74) is 1.27. The molecule has 0 heterocycles. The lowest BCUT2D eigenvalue weighted by atomic mass is 10.2. The molecule has 1 aromatic carbocycles. The zero-order valence-corrected chi connectivity index (χ0v) is 11.0. The van der Waals surface area contributed by atoms with Crippen molar-refractivity contribution in [2.75, 3.05) is 19.7 Å². The number of unbranched alkanes of at least 4 members (excludes halogenated alkanes) is 1. The van der Waals surface area contributed by atoms with Crippen LogP contribution >= 0.6 is 0 Å². The Morgan fingerprint density at radius 1 is 1.17 bits per heavy atom. The zero-order chi connectivity index (χ0) is 12.6. The summed E-state index contributed by atoms with van der Waals surface area (Å²) in [7, 11) is 0. The summed E-state index contributed by atoms with van der Waals surface area (Å²) in [6, 6.07) is 11.2. The van der Waals surface area contributed by atoms with Crippen molar-refractivity contribution in [3.63, 3.8) is 0 Å². The van der Waals surface area contributed by atoms with Gasteiger partial charge in [0.25, 0.3) is 0 Å². The molecular formula is C16H23NO. The second-order valence-corrected chi connectivity index (χ2v) is 4.97. The number of aliphatic hydroxyl groups excluding tert-OH is 1. The Morgan fingerprint density at radius 2 is 1.94 bits per heavy atom. The molecule has 0 amide bonds. The molecule has 2 rings (SSSR count). The molecule has 0 atom stereocenters. The first-order chi connectivity index (χ1) is 8.90. The predicted molar refractivity (Wildman–Crippen MR) is 76.4 cm³/mol. The van der Waals surface area contributed by atoms with Crippen LogP contribution in [0.3, 0.4) is 0 Å². The topological polar surface area (TPSA) is 23.5 Å². The Hall–Kier alpha value is -1.12. The van der Waals surface area contributed by atoms with Crippen molar-refractivity contribution >= 4 is 6.08 Å². The largest absolute Gasteiger partial charge is 0.396 e. The summed E-state index contributed by atoms with van der Waals surface area (Å²) < 4.78 is 0. The van der Waals surface area contributed by atoms with Gasteiger partial charge in [-0.15, -0.1) is 0 Å². The Labute approximate surface area is 110 Å². The van der Waals surface area contributed by atoms with Crippen LogP contribution in [-0.2, 0) is 0 Å². The van der Waals surface area contributed by atoms with Gasteiger partial charge in [-0.25, -0.2) is 0 Å². The lowest BCUT2D eigenvalue weighted by Gasteiger charge is -2.19. The van der Waals surface area contributed by atoms with Crippen LogP contribution in [-0.4, -0.2) is 35.7 Å². The first-order valence-electron chi connectivity index (χ1n) is 6.96. The van der Waals surface area contributed by atoms with Gasteiger partial charge in [-0.1, -0.05) is 42.5 Å². The molecule has 1 aliphatic carbocycles. The molecule has 0 bridgehead atoms. The van der Waals surface area contributed by atoms with E-state index in [1.165, 1.54) is 18.4 Å². The van der Waals surface area contributed by atoms with Gasteiger partial charge in [0, 0.05) is 19.2 Å². The number of hydrogen-bond acceptors (Lipinski definition) is 2. The van der Waals surface area contributed by atoms with Crippen LogP contribution in [0.2, 0.25) is 0 Å². The third kappa shape index (κ3) is 4.63. The van der Waals surface area contributed by atoms with Gasteiger partial charge >= 0.3 is 0 Å². The van der Waals surface area contributed by atoms with Crippen molar-refractivity contribution in [1.29, 1.82) is 0 Å². The Kier molecular flexibility index (Phi) is 5.43. The van der Waals surface area contributed by atoms with Crippen LogP contribution in [0, 0.1) is 0 Å². The molecule has 1 N–H and O–H groups in total. The molecule has 18 heavy (non-hydrogen) atoms. The molecule has 0 unspecified atom stereocenters. The van der Waals surface area contributed by atoms with E-state index in [0.717, 1.165) is 32.0 Å². The summed E-state index contributed by atoms with van der Waals surface area (Å²) >= 11 is 0. The van der Waals surface area contributed by atoms with E-state index in [4.69, 9.17) is 5.11 Å². The molecule has 98 valence electrons. The highest BCUT2D eigenvalue weighted by atomic mass is 16.2. The van der Waals surface area contributed by atoms with Gasteiger partial charge in [0.1, 0.15) is 0 Å². The van der Waals surface area contributed by atoms with Gasteiger partial charge in [0.05, 0.1) is 0 Å². The van der Waals surface area contributed by atoms with E-state index in [-0.39, 0.29) is 0 Å². The van der Waals surface area contributed by atoms with E-state index in [1.807, 2.05) is 6.07 Å². The van der Waals surface area contributed by atoms with Crippen LogP contribution in [0.5, 0.6) is 0 Å². The van der Waals surface area contributed by atoms with Crippen molar-refractivity contribution in [3.8, 4) is 0 Å². The Morgan fingerprint density at radius 3 is 2.61 bits per heavy atom. The Bertz CT molecular complexity index is 357. The first kappa shape index (κ1) is 13.3. The molecule has 0 radical (unpaired) electrons. The number of benzene rings is 1. The SMILES string of the molecule is OCCCCN(C/C=C/c1ccccc1)C1CC1. The highest BCUT2D eigenvalue weighted by molar-refractivity contribution is 5.48. The predicted octanol–water partition coefficient (Wildman–Crippen LogP) is 2.94. The molecule has 1 fully saturated rings. The summed E-state index contributed by atoms with van der Waals surface area (Å²) in [6.07, 6.45) is 9.17. The highest BCUT2D eigenvalue weighted by Gasteiger charge is 2.27. The monoisotopic (exact) mass is 245 g/mol. The number of hydrogen-bond donors (Lipinski definition) is 1. The van der Waals surface area contributed by atoms with E-state index >= 15 is 0 Å². The van der Waals surface area contributed by atoms with E-state index in [1.54, 1.807) is 0 Å². The van der Waals surface area contributed by atoms with E-state index in [2.05, 4.69) is 41.3 Å². The highest BCUT2D eigenvalue weighted by Crippen LogP contribution is 2.26. The number of aliphatic hydroxyl groups is 1. The van der Waals surface area contributed by atoms with Crippen molar-refractivity contribution in [3.05, 3.63) is 42.0 Å². The van der Waals surface area contributed by atoms with Crippen LogP contribution in [0.15, 0.2) is 36.4 Å². The number of rotatable bonds is 8. The summed E-state index contributed by atoms with van der Waals surface area (Å²) in [4.78, 5) is 2.54. The van der Waals surface area contributed by atoms with Crippen molar-refractivity contribution < 1.29 is 5.11 Å². The first-order valence-corrected chi connectivity index (χ1v) is 6.96. The fraction of sp³-hybridized carbons (Fsp3) is 0.500. The van der Waals surface area contributed by atoms with Crippen LogP contribution in [0.1, 0.15) is 31.2 Å². The van der Waals surface area contributed by atoms with Gasteiger partial charge in [0.2, 0.25) is 0 Å². The molecule has 0 aliphatic heterocycles. The average Bonchev–Trinajstić information content (AvgIpc) is 3.23. The normalized spacial score (nSPS) is 15.7. The maximum atomic E-state index is 8.83. The molecular weight excluding hydrogens is 222 g/mol. The average molecular weight is 245 g/mol. The maximum absolute atomic E-state index is 8.83. The fourth-order valence-electron chi connectivity index (χ4n) is 2.18. The molecule has 1 aromatic rings. The lowest BCUT2D eigenvalue weighted by Crippen LogP contribution is -2.27. The third-order valence-electron chi connectivity index (χ3n) is 3.37. The maximum Gasteiger partial charge on any atom is 0.0431 e. The fourth-order valence-corrected chi connectivity index (χ4v) is 2.18. The third-order valence-corrected chi connectivity index (χ3v) is 3.37. The zero-order valence-electron chi connectivity index (χ0n) is 11.0. The molecule has 1 saturated carbocycles. The van der Waals surface area contributed by atoms with Gasteiger partial charge < -0.3 is 5.11 Å². The van der Waals surface area contributed by atoms with E-state index in [9.17, 15) is 0 Å². The second-order valence-electron chi connectivity index (χ2n) is 4.97. The van der Waals surface area contributed by atoms with Gasteiger partial charge in [0.15, 0.2) is 0 Å². The molecule has 2 heteroatoms. The Balaban J connectivity index is 1.76. The molecule has 2 nitrogen and oxygen atoms in total. The number of nitrogens with zero attached hydrogens (tertiary/aromatic N) is 1. The van der Waals surface area contributed by atoms with Crippen molar-refractivity contribution in [2.45, 2.75) is 31.7 Å². The summed E-state index contributed by atoms with van der Waals surface area (Å²) in [5.74, 6) is 0. The standard InChI is InChI=1S/C16H23NO/c18-14-5-4-12-17(16-10-11-16)13-6-9-15-7-2-1-3-8-15/h1-3,6-9,16,18H,4-5,10-14H2/b9-6+. The van der Waals surface area contributed by atoms with Crippen LogP contribution in [0.4, 0.5) is 0 Å². The minimum Gasteiger partial charge on any atom is -0.396 e. The van der Waals surface area contributed by atoms with Gasteiger partial charge in [-0.05, 0) is 37.8 Å². The van der Waals surface area contributed by atoms with Crippen LogP contribution < -0.4 is 0 Å². The molecule has 0 spiro atoms. The van der Waals surface area contributed by atoms with E-state index in [0.29, 0.717) is 6.61 Å². The molecule has 1 aliphatic rings. The van der Waals surface area contributed by atoms with Crippen LogP contribution in [0.25, 0.3) is 6.08 Å². The van der Waals surface area contributed by atoms with Gasteiger partial charge in [-0.2, -0.15) is 0 Å². The van der Waals surface area contributed by atoms with Crippen molar-refractivity contribution in [1.82, 2.24) is 4.90 Å². The second kappa shape index (κ2) is 7.34.